The van der Waals surface area contributed by atoms with Crippen LogP contribution >= 0.6 is 0 Å². The highest BCUT2D eigenvalue weighted by molar-refractivity contribution is 5.97. The highest BCUT2D eigenvalue weighted by Crippen LogP contribution is 2.17. The second kappa shape index (κ2) is 6.47. The summed E-state index contributed by atoms with van der Waals surface area (Å²) in [5.41, 5.74) is 2.04. The number of nitrogens with zero attached hydrogens (tertiary/aromatic N) is 2. The Morgan fingerprint density at radius 2 is 2.14 bits per heavy atom. The maximum Gasteiger partial charge on any atom is 0.387 e. The molecule has 0 atom stereocenters. The van der Waals surface area contributed by atoms with Gasteiger partial charge in [-0.15, -0.1) is 0 Å². The zero-order chi connectivity index (χ0) is 15.4. The van der Waals surface area contributed by atoms with Gasteiger partial charge >= 0.3 is 6.61 Å². The number of aromatic nitrogens is 2. The fraction of sp³-hybridized carbons (Fsp3) is 0.333. The number of alkyl halides is 2. The van der Waals surface area contributed by atoms with E-state index in [0.29, 0.717) is 5.56 Å². The predicted octanol–water partition coefficient (Wildman–Crippen LogP) is 3.01. The van der Waals surface area contributed by atoms with Gasteiger partial charge in [-0.25, -0.2) is 0 Å². The number of carbonyl (C=O) groups is 1. The van der Waals surface area contributed by atoms with Crippen LogP contribution in [0.1, 0.15) is 28.7 Å². The van der Waals surface area contributed by atoms with Gasteiger partial charge in [0.05, 0.1) is 12.1 Å². The van der Waals surface area contributed by atoms with E-state index in [0.717, 1.165) is 17.8 Å². The molecule has 0 amide bonds. The van der Waals surface area contributed by atoms with Crippen molar-refractivity contribution in [2.75, 3.05) is 0 Å². The molecule has 0 saturated heterocycles. The zero-order valence-electron chi connectivity index (χ0n) is 11.8. The molecule has 4 nitrogen and oxygen atoms in total. The van der Waals surface area contributed by atoms with Crippen LogP contribution in [0.25, 0.3) is 0 Å². The fourth-order valence-corrected chi connectivity index (χ4v) is 2.02. The van der Waals surface area contributed by atoms with Crippen LogP contribution in [0.2, 0.25) is 0 Å². The molecule has 0 bridgehead atoms. The van der Waals surface area contributed by atoms with E-state index in [1.54, 1.807) is 17.8 Å². The van der Waals surface area contributed by atoms with Crippen molar-refractivity contribution in [1.29, 1.82) is 0 Å². The fourth-order valence-electron chi connectivity index (χ4n) is 2.02. The second-order valence-electron chi connectivity index (χ2n) is 4.61. The topological polar surface area (TPSA) is 44.1 Å². The van der Waals surface area contributed by atoms with Gasteiger partial charge in [-0.1, -0.05) is 19.1 Å². The molecule has 2 aromatic rings. The Labute approximate surface area is 121 Å². The molecular formula is C15H16F2N2O2. The number of hydrogen-bond donors (Lipinski definition) is 0. The Kier molecular flexibility index (Phi) is 4.67. The summed E-state index contributed by atoms with van der Waals surface area (Å²) in [7, 11) is 1.78. The Hall–Kier alpha value is -2.24. The first-order valence-corrected chi connectivity index (χ1v) is 6.59. The van der Waals surface area contributed by atoms with E-state index in [2.05, 4.69) is 9.84 Å². The number of ketones is 1. The molecule has 112 valence electrons. The lowest BCUT2D eigenvalue weighted by molar-refractivity contribution is -0.0498. The van der Waals surface area contributed by atoms with Crippen LogP contribution in [0.15, 0.2) is 30.3 Å². The molecule has 2 rings (SSSR count). The number of benzene rings is 1. The van der Waals surface area contributed by atoms with Crippen LogP contribution in [-0.2, 0) is 19.9 Å². The largest absolute Gasteiger partial charge is 0.435 e. The van der Waals surface area contributed by atoms with Crippen LogP contribution in [0.4, 0.5) is 8.78 Å². The van der Waals surface area contributed by atoms with Crippen LogP contribution in [0.5, 0.6) is 5.75 Å². The number of carbonyl (C=O) groups excluding carboxylic acids is 1. The van der Waals surface area contributed by atoms with Gasteiger partial charge in [-0.2, -0.15) is 13.9 Å². The molecule has 0 unspecified atom stereocenters. The SMILES string of the molecule is CCc1cc(CC(=O)c2cccc(OC(F)F)c2)n(C)n1. The maximum atomic E-state index is 12.2. The minimum Gasteiger partial charge on any atom is -0.435 e. The normalized spacial score (nSPS) is 10.9. The molecule has 0 aliphatic heterocycles. The number of aryl methyl sites for hydroxylation is 2. The molecule has 0 spiro atoms. The summed E-state index contributed by atoms with van der Waals surface area (Å²) < 4.78 is 30.3. The number of hydrogen-bond acceptors (Lipinski definition) is 3. The highest BCUT2D eigenvalue weighted by Gasteiger charge is 2.13. The summed E-state index contributed by atoms with van der Waals surface area (Å²) >= 11 is 0. The van der Waals surface area contributed by atoms with Crippen molar-refractivity contribution in [2.45, 2.75) is 26.4 Å². The van der Waals surface area contributed by atoms with Crippen molar-refractivity contribution in [3.8, 4) is 5.75 Å². The standard InChI is InChI=1S/C15H16F2N2O2/c1-3-11-8-12(19(2)18-11)9-14(20)10-5-4-6-13(7-10)21-15(16)17/h4-8,15H,3,9H2,1-2H3. The molecule has 0 saturated carbocycles. The highest BCUT2D eigenvalue weighted by atomic mass is 19.3. The predicted molar refractivity (Wildman–Crippen MR) is 73.7 cm³/mol. The number of ether oxygens (including phenoxy) is 1. The van der Waals surface area contributed by atoms with Gasteiger partial charge in [-0.05, 0) is 24.6 Å². The van der Waals surface area contributed by atoms with Crippen molar-refractivity contribution < 1.29 is 18.3 Å². The summed E-state index contributed by atoms with van der Waals surface area (Å²) in [4.78, 5) is 12.2. The molecule has 0 aliphatic carbocycles. The van der Waals surface area contributed by atoms with Crippen LogP contribution < -0.4 is 4.74 Å². The molecule has 1 heterocycles. The molecule has 0 fully saturated rings. The average molecular weight is 294 g/mol. The van der Waals surface area contributed by atoms with Crippen LogP contribution in [0, 0.1) is 0 Å². The van der Waals surface area contributed by atoms with Gasteiger partial charge < -0.3 is 4.74 Å². The molecule has 0 radical (unpaired) electrons. The summed E-state index contributed by atoms with van der Waals surface area (Å²) in [5.74, 6) is -0.185. The Morgan fingerprint density at radius 1 is 1.38 bits per heavy atom. The molecule has 0 aliphatic rings. The third kappa shape index (κ3) is 3.87. The summed E-state index contributed by atoms with van der Waals surface area (Å²) in [5, 5.41) is 4.27. The van der Waals surface area contributed by atoms with Crippen molar-refractivity contribution in [1.82, 2.24) is 9.78 Å². The number of halogens is 2. The molecule has 1 aromatic carbocycles. The smallest absolute Gasteiger partial charge is 0.387 e. The van der Waals surface area contributed by atoms with Gasteiger partial charge in [0, 0.05) is 18.3 Å². The van der Waals surface area contributed by atoms with Gasteiger partial charge in [0.15, 0.2) is 5.78 Å². The first-order valence-electron chi connectivity index (χ1n) is 6.59. The van der Waals surface area contributed by atoms with E-state index >= 15 is 0 Å². The molecule has 0 N–H and O–H groups in total. The lowest BCUT2D eigenvalue weighted by atomic mass is 10.1. The van der Waals surface area contributed by atoms with Crippen molar-refractivity contribution in [2.24, 2.45) is 7.05 Å². The van der Waals surface area contributed by atoms with Crippen molar-refractivity contribution in [3.05, 3.63) is 47.3 Å². The molecular weight excluding hydrogens is 278 g/mol. The molecule has 1 aromatic heterocycles. The third-order valence-electron chi connectivity index (χ3n) is 3.11. The third-order valence-corrected chi connectivity index (χ3v) is 3.11. The van der Waals surface area contributed by atoms with E-state index in [1.165, 1.54) is 18.2 Å². The lowest BCUT2D eigenvalue weighted by Crippen LogP contribution is -2.08. The van der Waals surface area contributed by atoms with Crippen LogP contribution in [0.3, 0.4) is 0 Å². The Balaban J connectivity index is 2.14. The minimum atomic E-state index is -2.90. The first-order chi connectivity index (χ1) is 9.99. The van der Waals surface area contributed by atoms with E-state index in [-0.39, 0.29) is 18.0 Å². The lowest BCUT2D eigenvalue weighted by Gasteiger charge is -2.06. The molecule has 21 heavy (non-hydrogen) atoms. The van der Waals surface area contributed by atoms with Gasteiger partial charge in [0.1, 0.15) is 5.75 Å². The summed E-state index contributed by atoms with van der Waals surface area (Å²) in [6.07, 6.45) is 0.960. The van der Waals surface area contributed by atoms with Gasteiger partial charge in [0.25, 0.3) is 0 Å². The van der Waals surface area contributed by atoms with Crippen molar-refractivity contribution in [3.63, 3.8) is 0 Å². The monoisotopic (exact) mass is 294 g/mol. The minimum absolute atomic E-state index is 0.0184. The number of Topliss-reactive ketones (excluding diaryl/α,β-unsaturated/α-hetero) is 1. The van der Waals surface area contributed by atoms with Crippen LogP contribution in [-0.4, -0.2) is 22.2 Å². The van der Waals surface area contributed by atoms with E-state index < -0.39 is 6.61 Å². The average Bonchev–Trinajstić information content (AvgIpc) is 2.79. The summed E-state index contributed by atoms with van der Waals surface area (Å²) in [6, 6.07) is 7.69. The van der Waals surface area contributed by atoms with E-state index in [4.69, 9.17) is 0 Å². The summed E-state index contributed by atoms with van der Waals surface area (Å²) in [6.45, 7) is -0.918. The molecule has 6 heteroatoms. The van der Waals surface area contributed by atoms with E-state index in [1.807, 2.05) is 13.0 Å². The zero-order valence-corrected chi connectivity index (χ0v) is 11.8. The first kappa shape index (κ1) is 15.2. The Morgan fingerprint density at radius 3 is 2.76 bits per heavy atom. The van der Waals surface area contributed by atoms with E-state index in [9.17, 15) is 13.6 Å². The van der Waals surface area contributed by atoms with Gasteiger partial charge in [-0.3, -0.25) is 9.48 Å². The van der Waals surface area contributed by atoms with Gasteiger partial charge in [0.2, 0.25) is 0 Å². The Bertz CT molecular complexity index is 638. The number of rotatable bonds is 6. The quantitative estimate of drug-likeness (QED) is 0.769. The second-order valence-corrected chi connectivity index (χ2v) is 4.61. The maximum absolute atomic E-state index is 12.2. The van der Waals surface area contributed by atoms with Crippen molar-refractivity contribution >= 4 is 5.78 Å².